The number of nitrogens with zero attached hydrogens (tertiary/aromatic N) is 2. The summed E-state index contributed by atoms with van der Waals surface area (Å²) in [7, 11) is 0. The molecule has 3 amide bonds. The van der Waals surface area contributed by atoms with Crippen molar-refractivity contribution in [1.82, 2.24) is 15.1 Å². The second-order valence-electron chi connectivity index (χ2n) is 8.40. The van der Waals surface area contributed by atoms with Gasteiger partial charge in [0, 0.05) is 43.8 Å². The van der Waals surface area contributed by atoms with Crippen LogP contribution >= 0.6 is 0 Å². The van der Waals surface area contributed by atoms with Gasteiger partial charge in [-0.3, -0.25) is 14.5 Å². The van der Waals surface area contributed by atoms with Crippen LogP contribution in [0.4, 0.5) is 23.7 Å². The molecule has 0 aliphatic carbocycles. The maximum Gasteiger partial charge on any atom is 0.422 e. The van der Waals surface area contributed by atoms with Crippen LogP contribution in [-0.2, 0) is 14.3 Å². The lowest BCUT2D eigenvalue weighted by molar-refractivity contribution is -0.162. The maximum absolute atomic E-state index is 12.6. The Labute approximate surface area is 190 Å². The molecule has 182 valence electrons. The molecule has 2 heterocycles. The van der Waals surface area contributed by atoms with Crippen molar-refractivity contribution in [2.75, 3.05) is 44.6 Å². The number of nitrogens with one attached hydrogen (secondary N) is 2. The number of halogens is 3. The van der Waals surface area contributed by atoms with Crippen LogP contribution < -0.4 is 10.6 Å². The van der Waals surface area contributed by atoms with Crippen LogP contribution in [0.3, 0.4) is 0 Å². The van der Waals surface area contributed by atoms with E-state index in [0.717, 1.165) is 18.5 Å². The fourth-order valence-electron chi connectivity index (χ4n) is 4.04. The zero-order chi connectivity index (χ0) is 23.8. The molecule has 0 bridgehead atoms. The van der Waals surface area contributed by atoms with E-state index in [2.05, 4.69) is 15.4 Å². The Morgan fingerprint density at radius 3 is 2.21 bits per heavy atom. The molecule has 0 aromatic heterocycles. The number of hydrogen-bond donors (Lipinski definition) is 2. The van der Waals surface area contributed by atoms with Crippen molar-refractivity contribution in [3.63, 3.8) is 0 Å². The van der Waals surface area contributed by atoms with Gasteiger partial charge in [0.2, 0.25) is 11.8 Å². The van der Waals surface area contributed by atoms with Gasteiger partial charge in [-0.15, -0.1) is 0 Å². The summed E-state index contributed by atoms with van der Waals surface area (Å²) in [5.74, 6) is -0.464. The van der Waals surface area contributed by atoms with E-state index >= 15 is 0 Å². The third-order valence-corrected chi connectivity index (χ3v) is 5.84. The van der Waals surface area contributed by atoms with Crippen LogP contribution in [0.5, 0.6) is 0 Å². The molecule has 0 radical (unpaired) electrons. The lowest BCUT2D eigenvalue weighted by Crippen LogP contribution is -2.49. The van der Waals surface area contributed by atoms with E-state index in [1.54, 1.807) is 0 Å². The minimum absolute atomic E-state index is 0.0146. The molecule has 8 nitrogen and oxygen atoms in total. The first kappa shape index (κ1) is 24.8. The monoisotopic (exact) mass is 470 g/mol. The summed E-state index contributed by atoms with van der Waals surface area (Å²) in [5.41, 5.74) is 0.754. The molecule has 33 heavy (non-hydrogen) atoms. The predicted octanol–water partition coefficient (Wildman–Crippen LogP) is 2.62. The molecule has 0 unspecified atom stereocenters. The second-order valence-corrected chi connectivity index (χ2v) is 8.40. The first-order valence-electron chi connectivity index (χ1n) is 11.1. The highest BCUT2D eigenvalue weighted by atomic mass is 19.4. The Morgan fingerprint density at radius 1 is 0.970 bits per heavy atom. The summed E-state index contributed by atoms with van der Waals surface area (Å²) < 4.78 is 40.8. The highest BCUT2D eigenvalue weighted by Crippen LogP contribution is 2.21. The molecule has 2 aliphatic rings. The second kappa shape index (κ2) is 11.4. The molecule has 11 heteroatoms. The standard InChI is InChI=1S/C22H29F3N4O4/c23-22(24,25)15-33-21(32)29-12-6-16(7-13-29)20(31)27-18-8-10-28(11-9-18)14-19(30)26-17-4-2-1-3-5-17/h1-5,16,18H,6-15H2,(H,26,30)(H,27,31). The number of likely N-dealkylation sites (tertiary alicyclic amines) is 2. The lowest BCUT2D eigenvalue weighted by atomic mass is 9.95. The topological polar surface area (TPSA) is 91.0 Å². The van der Waals surface area contributed by atoms with Crippen LogP contribution in [0.15, 0.2) is 30.3 Å². The average Bonchev–Trinajstić information content (AvgIpc) is 2.79. The van der Waals surface area contributed by atoms with Gasteiger partial charge in [-0.25, -0.2) is 4.79 Å². The summed E-state index contributed by atoms with van der Waals surface area (Å²) >= 11 is 0. The molecule has 1 aromatic rings. The van der Waals surface area contributed by atoms with Gasteiger partial charge in [-0.1, -0.05) is 18.2 Å². The Kier molecular flexibility index (Phi) is 8.54. The third kappa shape index (κ3) is 8.23. The maximum atomic E-state index is 12.6. The minimum atomic E-state index is -4.56. The number of benzene rings is 1. The molecule has 2 aliphatic heterocycles. The molecule has 3 rings (SSSR count). The van der Waals surface area contributed by atoms with Crippen molar-refractivity contribution in [3.8, 4) is 0 Å². The summed E-state index contributed by atoms with van der Waals surface area (Å²) in [5, 5.41) is 5.90. The van der Waals surface area contributed by atoms with Crippen molar-refractivity contribution in [2.45, 2.75) is 37.9 Å². The van der Waals surface area contributed by atoms with Crippen molar-refractivity contribution in [1.29, 1.82) is 0 Å². The van der Waals surface area contributed by atoms with Crippen molar-refractivity contribution >= 4 is 23.6 Å². The number of carbonyl (C=O) groups excluding carboxylic acids is 3. The first-order chi connectivity index (χ1) is 15.7. The molecule has 0 spiro atoms. The van der Waals surface area contributed by atoms with E-state index in [1.807, 2.05) is 35.2 Å². The van der Waals surface area contributed by atoms with E-state index in [1.165, 1.54) is 4.90 Å². The number of piperidine rings is 2. The van der Waals surface area contributed by atoms with Gasteiger partial charge >= 0.3 is 12.3 Å². The summed E-state index contributed by atoms with van der Waals surface area (Å²) in [6.07, 6.45) is -3.35. The van der Waals surface area contributed by atoms with Crippen molar-refractivity contribution < 1.29 is 32.3 Å². The number of hydrogen-bond acceptors (Lipinski definition) is 5. The Morgan fingerprint density at radius 2 is 1.61 bits per heavy atom. The summed E-state index contributed by atoms with van der Waals surface area (Å²) in [6, 6.07) is 9.26. The first-order valence-corrected chi connectivity index (χ1v) is 11.1. The number of alkyl halides is 3. The van der Waals surface area contributed by atoms with Crippen molar-refractivity contribution in [2.24, 2.45) is 5.92 Å². The SMILES string of the molecule is O=C(CN1CCC(NC(=O)C2CCN(C(=O)OCC(F)(F)F)CC2)CC1)Nc1ccccc1. The molecule has 2 N–H and O–H groups in total. The zero-order valence-electron chi connectivity index (χ0n) is 18.3. The van der Waals surface area contributed by atoms with Gasteiger partial charge < -0.3 is 20.3 Å². The lowest BCUT2D eigenvalue weighted by Gasteiger charge is -2.34. The molecule has 0 saturated carbocycles. The highest BCUT2D eigenvalue weighted by Gasteiger charge is 2.33. The quantitative estimate of drug-likeness (QED) is 0.667. The molecule has 1 aromatic carbocycles. The van der Waals surface area contributed by atoms with Gasteiger partial charge in [0.15, 0.2) is 6.61 Å². The van der Waals surface area contributed by atoms with Crippen molar-refractivity contribution in [3.05, 3.63) is 30.3 Å². The third-order valence-electron chi connectivity index (χ3n) is 5.84. The Bertz CT molecular complexity index is 806. The van der Waals surface area contributed by atoms with Crippen LogP contribution in [-0.4, -0.2) is 79.3 Å². The zero-order valence-corrected chi connectivity index (χ0v) is 18.3. The number of carbonyl (C=O) groups is 3. The smallest absolute Gasteiger partial charge is 0.422 e. The van der Waals surface area contributed by atoms with Gasteiger partial charge in [-0.2, -0.15) is 13.2 Å². The Balaban J connectivity index is 1.32. The van der Waals surface area contributed by atoms with Gasteiger partial charge in [0.25, 0.3) is 0 Å². The van der Waals surface area contributed by atoms with E-state index in [9.17, 15) is 27.6 Å². The fraction of sp³-hybridized carbons (Fsp3) is 0.591. The normalized spacial score (nSPS) is 18.6. The van der Waals surface area contributed by atoms with Gasteiger partial charge in [-0.05, 0) is 37.8 Å². The number of para-hydroxylation sites is 1. The molecular weight excluding hydrogens is 441 g/mol. The largest absolute Gasteiger partial charge is 0.440 e. The van der Waals surface area contributed by atoms with Crippen LogP contribution in [0, 0.1) is 5.92 Å². The number of amides is 3. The fourth-order valence-corrected chi connectivity index (χ4v) is 4.04. The number of rotatable bonds is 6. The van der Waals surface area contributed by atoms with E-state index < -0.39 is 18.9 Å². The van der Waals surface area contributed by atoms with E-state index in [-0.39, 0.29) is 36.9 Å². The van der Waals surface area contributed by atoms with E-state index in [4.69, 9.17) is 0 Å². The molecule has 2 fully saturated rings. The van der Waals surface area contributed by atoms with Gasteiger partial charge in [0.1, 0.15) is 0 Å². The summed E-state index contributed by atoms with van der Waals surface area (Å²) in [6.45, 7) is 0.429. The predicted molar refractivity (Wildman–Crippen MR) is 114 cm³/mol. The minimum Gasteiger partial charge on any atom is -0.440 e. The van der Waals surface area contributed by atoms with Gasteiger partial charge in [0.05, 0.1) is 6.54 Å². The summed E-state index contributed by atoms with van der Waals surface area (Å²) in [4.78, 5) is 39.8. The molecule has 2 saturated heterocycles. The number of anilines is 1. The number of ether oxygens (including phenoxy) is 1. The average molecular weight is 470 g/mol. The van der Waals surface area contributed by atoms with Crippen LogP contribution in [0.1, 0.15) is 25.7 Å². The van der Waals surface area contributed by atoms with E-state index in [0.29, 0.717) is 32.5 Å². The van der Waals surface area contributed by atoms with Crippen LogP contribution in [0.25, 0.3) is 0 Å². The highest BCUT2D eigenvalue weighted by molar-refractivity contribution is 5.92. The Hall–Kier alpha value is -2.82. The van der Waals surface area contributed by atoms with Crippen LogP contribution in [0.2, 0.25) is 0 Å². The molecular formula is C22H29F3N4O4. The molecule has 0 atom stereocenters.